The van der Waals surface area contributed by atoms with Crippen LogP contribution in [0.1, 0.15) is 45.5 Å². The van der Waals surface area contributed by atoms with Gasteiger partial charge in [-0.15, -0.1) is 0 Å². The van der Waals surface area contributed by atoms with E-state index in [-0.39, 0.29) is 43.0 Å². The zero-order valence-corrected chi connectivity index (χ0v) is 18.4. The van der Waals surface area contributed by atoms with E-state index in [1.165, 1.54) is 22.8 Å². The van der Waals surface area contributed by atoms with Crippen molar-refractivity contribution < 1.29 is 23.7 Å². The van der Waals surface area contributed by atoms with Crippen molar-refractivity contribution in [2.75, 3.05) is 6.61 Å². The Bertz CT molecular complexity index is 1280. The van der Waals surface area contributed by atoms with E-state index in [1.54, 1.807) is 0 Å². The van der Waals surface area contributed by atoms with E-state index in [0.717, 1.165) is 22.3 Å². The predicted molar refractivity (Wildman–Crippen MR) is 117 cm³/mol. The average Bonchev–Trinajstić information content (AvgIpc) is 3.07. The second kappa shape index (κ2) is 9.17. The number of hydrogen-bond acceptors (Lipinski definition) is 7. The Kier molecular flexibility index (Phi) is 6.57. The van der Waals surface area contributed by atoms with Gasteiger partial charge < -0.3 is 9.15 Å². The van der Waals surface area contributed by atoms with Gasteiger partial charge in [-0.1, -0.05) is 0 Å². The molecule has 1 heterocycles. The maximum atomic E-state index is 12.5. The number of benzene rings is 2. The molecule has 0 atom stereocenters. The number of nitrogens with zero attached hydrogens (tertiary/aromatic N) is 2. The zero-order valence-electron chi connectivity index (χ0n) is 18.4. The van der Waals surface area contributed by atoms with Crippen LogP contribution in [0, 0.1) is 37.8 Å². The van der Waals surface area contributed by atoms with Crippen LogP contribution >= 0.6 is 0 Å². The molecule has 9 heteroatoms. The number of fused-ring (bicyclic) bond motifs is 1. The molecular weight excluding hydrogens is 416 g/mol. The van der Waals surface area contributed by atoms with Crippen molar-refractivity contribution in [1.29, 1.82) is 0 Å². The molecule has 168 valence electrons. The van der Waals surface area contributed by atoms with Crippen LogP contribution in [0.4, 0.5) is 5.69 Å². The van der Waals surface area contributed by atoms with Gasteiger partial charge in [-0.25, -0.2) is 4.79 Å². The number of carbonyl (C=O) groups excluding carboxylic acids is 2. The topological polar surface area (TPSA) is 122 Å². The zero-order chi connectivity index (χ0) is 23.6. The third-order valence-electron chi connectivity index (χ3n) is 5.77. The molecule has 0 N–H and O–H groups in total. The number of ether oxygens (including phenoxy) is 1. The highest BCUT2D eigenvalue weighted by Gasteiger charge is 2.17. The smallest absolute Gasteiger partial charge is 0.419 e. The fourth-order valence-electron chi connectivity index (χ4n) is 3.56. The van der Waals surface area contributed by atoms with E-state index < -0.39 is 16.6 Å². The first-order valence-electron chi connectivity index (χ1n) is 10.1. The molecule has 3 rings (SSSR count). The van der Waals surface area contributed by atoms with Gasteiger partial charge in [-0.3, -0.25) is 24.3 Å². The van der Waals surface area contributed by atoms with Crippen LogP contribution in [-0.2, 0) is 16.1 Å². The Morgan fingerprint density at radius 3 is 2.50 bits per heavy atom. The van der Waals surface area contributed by atoms with Crippen molar-refractivity contribution in [3.63, 3.8) is 0 Å². The molecule has 2 aromatic carbocycles. The highest BCUT2D eigenvalue weighted by molar-refractivity contribution is 5.99. The summed E-state index contributed by atoms with van der Waals surface area (Å²) in [6.45, 7) is 7.59. The molecule has 0 bridgehead atoms. The summed E-state index contributed by atoms with van der Waals surface area (Å²) in [5.41, 5.74) is 4.94. The molecule has 0 spiro atoms. The minimum Gasteiger partial charge on any atom is -0.457 e. The van der Waals surface area contributed by atoms with E-state index in [1.807, 2.05) is 33.8 Å². The van der Waals surface area contributed by atoms with Gasteiger partial charge in [-0.2, -0.15) is 0 Å². The molecule has 0 saturated heterocycles. The van der Waals surface area contributed by atoms with E-state index >= 15 is 0 Å². The molecule has 0 amide bonds. The van der Waals surface area contributed by atoms with E-state index in [4.69, 9.17) is 9.15 Å². The maximum Gasteiger partial charge on any atom is 0.419 e. The number of nitro benzene ring substituents is 1. The number of esters is 1. The standard InChI is InChI=1S/C23H24N2O7/c1-13-10-18(16(4)15(3)14(13)2)20(26)12-31-22(27)6-5-9-24-19-8-7-17(25(29)30)11-21(19)32-23(24)28/h7-8,10-11H,5-6,9,12H2,1-4H3. The fraction of sp³-hybridized carbons (Fsp3) is 0.348. The lowest BCUT2D eigenvalue weighted by molar-refractivity contribution is -0.384. The highest BCUT2D eigenvalue weighted by Crippen LogP contribution is 2.22. The fourth-order valence-corrected chi connectivity index (χ4v) is 3.56. The highest BCUT2D eigenvalue weighted by atomic mass is 16.6. The quantitative estimate of drug-likeness (QED) is 0.225. The molecule has 9 nitrogen and oxygen atoms in total. The number of aryl methyl sites for hydroxylation is 2. The lowest BCUT2D eigenvalue weighted by Crippen LogP contribution is -2.18. The maximum absolute atomic E-state index is 12.5. The van der Waals surface area contributed by atoms with Gasteiger partial charge in [0.2, 0.25) is 5.78 Å². The third-order valence-corrected chi connectivity index (χ3v) is 5.77. The molecule has 0 saturated carbocycles. The molecular formula is C23H24N2O7. The molecule has 0 unspecified atom stereocenters. The minimum atomic E-state index is -0.662. The number of nitro groups is 1. The Balaban J connectivity index is 1.57. The van der Waals surface area contributed by atoms with Crippen molar-refractivity contribution in [2.24, 2.45) is 0 Å². The van der Waals surface area contributed by atoms with Gasteiger partial charge in [0.25, 0.3) is 5.69 Å². The van der Waals surface area contributed by atoms with Crippen LogP contribution in [0.25, 0.3) is 11.1 Å². The van der Waals surface area contributed by atoms with E-state index in [0.29, 0.717) is 11.1 Å². The predicted octanol–water partition coefficient (Wildman–Crippen LogP) is 3.94. The minimum absolute atomic E-state index is 0.00428. The van der Waals surface area contributed by atoms with Crippen LogP contribution in [0.5, 0.6) is 0 Å². The first-order valence-corrected chi connectivity index (χ1v) is 10.1. The second-order valence-corrected chi connectivity index (χ2v) is 7.73. The van der Waals surface area contributed by atoms with Gasteiger partial charge in [0.15, 0.2) is 12.2 Å². The largest absolute Gasteiger partial charge is 0.457 e. The van der Waals surface area contributed by atoms with Crippen LogP contribution in [0.15, 0.2) is 33.5 Å². The number of ketones is 1. The van der Waals surface area contributed by atoms with Crippen LogP contribution in [0.2, 0.25) is 0 Å². The van der Waals surface area contributed by atoms with Crippen molar-refractivity contribution >= 4 is 28.5 Å². The first-order chi connectivity index (χ1) is 15.1. The molecule has 3 aromatic rings. The number of non-ortho nitro benzene ring substituents is 1. The monoisotopic (exact) mass is 440 g/mol. The van der Waals surface area contributed by atoms with Crippen molar-refractivity contribution in [3.8, 4) is 0 Å². The summed E-state index contributed by atoms with van der Waals surface area (Å²) in [5.74, 6) is -1.47. The number of oxazole rings is 1. The molecule has 1 aromatic heterocycles. The summed E-state index contributed by atoms with van der Waals surface area (Å²) in [6, 6.07) is 5.71. The number of Topliss-reactive ketones (excluding diaryl/α,β-unsaturated/α-hetero) is 1. The van der Waals surface area contributed by atoms with Gasteiger partial charge in [-0.05, 0) is 68.5 Å². The number of hydrogen-bond donors (Lipinski definition) is 0. The van der Waals surface area contributed by atoms with Crippen molar-refractivity contribution in [1.82, 2.24) is 4.57 Å². The average molecular weight is 440 g/mol. The Morgan fingerprint density at radius 2 is 1.81 bits per heavy atom. The van der Waals surface area contributed by atoms with Crippen LogP contribution < -0.4 is 5.76 Å². The summed E-state index contributed by atoms with van der Waals surface area (Å²) in [6.07, 6.45) is 0.282. The van der Waals surface area contributed by atoms with Crippen LogP contribution in [-0.4, -0.2) is 27.8 Å². The normalized spacial score (nSPS) is 11.0. The van der Waals surface area contributed by atoms with E-state index in [9.17, 15) is 24.5 Å². The first kappa shape index (κ1) is 22.9. The van der Waals surface area contributed by atoms with Crippen LogP contribution in [0.3, 0.4) is 0 Å². The third kappa shape index (κ3) is 4.61. The lowest BCUT2D eigenvalue weighted by Gasteiger charge is -2.13. The van der Waals surface area contributed by atoms with E-state index in [2.05, 4.69) is 0 Å². The summed E-state index contributed by atoms with van der Waals surface area (Å²) in [4.78, 5) is 46.9. The number of carbonyl (C=O) groups is 2. The Morgan fingerprint density at radius 1 is 1.09 bits per heavy atom. The summed E-state index contributed by atoms with van der Waals surface area (Å²) >= 11 is 0. The molecule has 0 aliphatic rings. The van der Waals surface area contributed by atoms with Crippen molar-refractivity contribution in [2.45, 2.75) is 47.1 Å². The number of aromatic nitrogens is 1. The Hall–Kier alpha value is -3.75. The van der Waals surface area contributed by atoms with Crippen molar-refractivity contribution in [3.05, 3.63) is 72.7 Å². The molecule has 32 heavy (non-hydrogen) atoms. The van der Waals surface area contributed by atoms with Gasteiger partial charge in [0.1, 0.15) is 0 Å². The molecule has 0 radical (unpaired) electrons. The Labute approximate surface area is 183 Å². The van der Waals surface area contributed by atoms with Gasteiger partial charge in [0, 0.05) is 24.6 Å². The lowest BCUT2D eigenvalue weighted by atomic mass is 9.93. The van der Waals surface area contributed by atoms with Gasteiger partial charge in [0.05, 0.1) is 16.5 Å². The summed E-state index contributed by atoms with van der Waals surface area (Å²) < 4.78 is 11.5. The summed E-state index contributed by atoms with van der Waals surface area (Å²) in [7, 11) is 0. The van der Waals surface area contributed by atoms with Gasteiger partial charge >= 0.3 is 11.7 Å². The molecule has 0 aliphatic carbocycles. The second-order valence-electron chi connectivity index (χ2n) is 7.73. The number of rotatable bonds is 8. The SMILES string of the molecule is Cc1cc(C(=O)COC(=O)CCCn2c(=O)oc3cc([N+](=O)[O-])ccc32)c(C)c(C)c1C. The summed E-state index contributed by atoms with van der Waals surface area (Å²) in [5, 5.41) is 10.9. The molecule has 0 aliphatic heterocycles. The molecule has 0 fully saturated rings.